The van der Waals surface area contributed by atoms with E-state index in [-0.39, 0.29) is 12.2 Å². The molecule has 21 heavy (non-hydrogen) atoms. The van der Waals surface area contributed by atoms with Gasteiger partial charge in [0.05, 0.1) is 0 Å². The molecule has 3 nitrogen and oxygen atoms in total. The van der Waals surface area contributed by atoms with E-state index in [4.69, 9.17) is 4.74 Å². The zero-order valence-corrected chi connectivity index (χ0v) is 11.0. The molecular weight excluding hydrogens is 288 g/mol. The minimum atomic E-state index is -4.58. The number of hydrogen-bond donors (Lipinski definition) is 1. The van der Waals surface area contributed by atoms with Gasteiger partial charge >= 0.3 is 6.18 Å². The van der Waals surface area contributed by atoms with Gasteiger partial charge in [-0.25, -0.2) is 9.37 Å². The number of anilines is 1. The van der Waals surface area contributed by atoms with Crippen LogP contribution in [0, 0.1) is 5.82 Å². The number of pyridine rings is 1. The summed E-state index contributed by atoms with van der Waals surface area (Å²) in [5.74, 6) is -1.14. The average molecular weight is 300 g/mol. The molecule has 7 heteroatoms. The van der Waals surface area contributed by atoms with E-state index in [0.717, 1.165) is 12.1 Å². The Bertz CT molecular complexity index is 629. The number of nitrogens with one attached hydrogen (secondary N) is 1. The van der Waals surface area contributed by atoms with E-state index >= 15 is 0 Å². The molecule has 0 aliphatic heterocycles. The summed E-state index contributed by atoms with van der Waals surface area (Å²) in [5, 5.41) is 2.75. The number of aromatic nitrogens is 1. The molecule has 1 aromatic carbocycles. The summed E-state index contributed by atoms with van der Waals surface area (Å²) in [4.78, 5) is 3.56. The Labute approximate surface area is 118 Å². The van der Waals surface area contributed by atoms with Crippen LogP contribution in [0.15, 0.2) is 36.5 Å². The number of nitrogens with zero attached hydrogens (tertiary/aromatic N) is 1. The lowest BCUT2D eigenvalue weighted by molar-refractivity contribution is -0.139. The van der Waals surface area contributed by atoms with Crippen molar-refractivity contribution in [3.63, 3.8) is 0 Å². The van der Waals surface area contributed by atoms with Gasteiger partial charge in [0.1, 0.15) is 18.0 Å². The van der Waals surface area contributed by atoms with Crippen LogP contribution in [0.25, 0.3) is 0 Å². The van der Waals surface area contributed by atoms with Gasteiger partial charge in [-0.1, -0.05) is 6.07 Å². The van der Waals surface area contributed by atoms with E-state index in [1.165, 1.54) is 18.3 Å². The maximum Gasteiger partial charge on any atom is 0.421 e. The molecule has 0 bridgehead atoms. The Kier molecular flexibility index (Phi) is 4.30. The number of rotatable bonds is 4. The maximum absolute atomic E-state index is 13.7. The molecule has 2 rings (SSSR count). The monoisotopic (exact) mass is 300 g/mol. The van der Waals surface area contributed by atoms with Gasteiger partial charge in [0, 0.05) is 24.5 Å². The first-order chi connectivity index (χ1) is 9.93. The lowest BCUT2D eigenvalue weighted by Crippen LogP contribution is -2.11. The van der Waals surface area contributed by atoms with Gasteiger partial charge in [0.15, 0.2) is 0 Å². The minimum absolute atomic E-state index is 0.138. The number of alkyl halides is 3. The van der Waals surface area contributed by atoms with Crippen LogP contribution in [0.3, 0.4) is 0 Å². The lowest BCUT2D eigenvalue weighted by Gasteiger charge is -2.14. The van der Waals surface area contributed by atoms with Crippen molar-refractivity contribution in [1.29, 1.82) is 0 Å². The highest BCUT2D eigenvalue weighted by Gasteiger charge is 2.35. The van der Waals surface area contributed by atoms with Crippen molar-refractivity contribution in [1.82, 2.24) is 4.98 Å². The SMILES string of the molecule is CNc1cccc(F)c1COc1ncccc1C(F)(F)F. The zero-order chi connectivity index (χ0) is 15.5. The summed E-state index contributed by atoms with van der Waals surface area (Å²) in [6.07, 6.45) is -3.39. The molecule has 0 saturated carbocycles. The van der Waals surface area contributed by atoms with Gasteiger partial charge in [-0.05, 0) is 24.3 Å². The summed E-state index contributed by atoms with van der Waals surface area (Å²) >= 11 is 0. The quantitative estimate of drug-likeness (QED) is 0.871. The van der Waals surface area contributed by atoms with Crippen molar-refractivity contribution in [3.05, 3.63) is 53.5 Å². The van der Waals surface area contributed by atoms with Crippen LogP contribution in [-0.4, -0.2) is 12.0 Å². The fourth-order valence-corrected chi connectivity index (χ4v) is 1.80. The molecule has 0 aliphatic rings. The molecular formula is C14H12F4N2O. The second kappa shape index (κ2) is 5.99. The molecule has 1 heterocycles. The van der Waals surface area contributed by atoms with Crippen molar-refractivity contribution >= 4 is 5.69 Å². The van der Waals surface area contributed by atoms with Gasteiger partial charge in [0.25, 0.3) is 0 Å². The molecule has 0 spiro atoms. The summed E-state index contributed by atoms with van der Waals surface area (Å²) in [6, 6.07) is 6.33. The topological polar surface area (TPSA) is 34.1 Å². The molecule has 0 aliphatic carbocycles. The molecule has 0 atom stereocenters. The van der Waals surface area contributed by atoms with Crippen molar-refractivity contribution in [2.24, 2.45) is 0 Å². The zero-order valence-electron chi connectivity index (χ0n) is 11.0. The van der Waals surface area contributed by atoms with Gasteiger partial charge < -0.3 is 10.1 Å². The molecule has 2 aromatic rings. The smallest absolute Gasteiger partial charge is 0.421 e. The fraction of sp³-hybridized carbons (Fsp3) is 0.214. The lowest BCUT2D eigenvalue weighted by atomic mass is 10.2. The number of ether oxygens (including phenoxy) is 1. The summed E-state index contributed by atoms with van der Waals surface area (Å²) < 4.78 is 57.2. The van der Waals surface area contributed by atoms with Gasteiger partial charge in [-0.15, -0.1) is 0 Å². The molecule has 0 radical (unpaired) electrons. The van der Waals surface area contributed by atoms with Gasteiger partial charge in [-0.2, -0.15) is 13.2 Å². The van der Waals surface area contributed by atoms with Crippen molar-refractivity contribution in [2.45, 2.75) is 12.8 Å². The van der Waals surface area contributed by atoms with Crippen LogP contribution >= 0.6 is 0 Å². The third kappa shape index (κ3) is 3.42. The number of halogens is 4. The van der Waals surface area contributed by atoms with Crippen molar-refractivity contribution < 1.29 is 22.3 Å². The van der Waals surface area contributed by atoms with Crippen LogP contribution in [0.2, 0.25) is 0 Å². The molecule has 1 aromatic heterocycles. The molecule has 0 amide bonds. The van der Waals surface area contributed by atoms with E-state index in [1.54, 1.807) is 13.1 Å². The van der Waals surface area contributed by atoms with Crippen molar-refractivity contribution in [3.8, 4) is 5.88 Å². The number of benzene rings is 1. The Morgan fingerprint density at radius 1 is 1.19 bits per heavy atom. The minimum Gasteiger partial charge on any atom is -0.472 e. The van der Waals surface area contributed by atoms with Crippen LogP contribution in [0.5, 0.6) is 5.88 Å². The van der Waals surface area contributed by atoms with Crippen molar-refractivity contribution in [2.75, 3.05) is 12.4 Å². The Morgan fingerprint density at radius 2 is 1.95 bits per heavy atom. The van der Waals surface area contributed by atoms with E-state index < -0.39 is 23.4 Å². The van der Waals surface area contributed by atoms with E-state index in [1.807, 2.05) is 0 Å². The standard InChI is InChI=1S/C14H12F4N2O/c1-19-12-6-2-5-11(15)9(12)8-21-13-10(14(16,17)18)4-3-7-20-13/h2-7,19H,8H2,1H3. The van der Waals surface area contributed by atoms with Gasteiger partial charge in [0.2, 0.25) is 5.88 Å². The molecule has 0 saturated heterocycles. The van der Waals surface area contributed by atoms with Crippen LogP contribution in [0.1, 0.15) is 11.1 Å². The number of hydrogen-bond acceptors (Lipinski definition) is 3. The van der Waals surface area contributed by atoms with Crippen LogP contribution in [-0.2, 0) is 12.8 Å². The summed E-state index contributed by atoms with van der Waals surface area (Å²) in [6.45, 7) is -0.358. The first-order valence-electron chi connectivity index (χ1n) is 6.03. The van der Waals surface area contributed by atoms with E-state index in [2.05, 4.69) is 10.3 Å². The maximum atomic E-state index is 13.7. The Morgan fingerprint density at radius 3 is 2.62 bits per heavy atom. The third-order valence-electron chi connectivity index (χ3n) is 2.82. The first kappa shape index (κ1) is 15.1. The second-order valence-corrected chi connectivity index (χ2v) is 4.16. The molecule has 112 valence electrons. The third-order valence-corrected chi connectivity index (χ3v) is 2.82. The summed E-state index contributed by atoms with van der Waals surface area (Å²) in [7, 11) is 1.58. The largest absolute Gasteiger partial charge is 0.472 e. The predicted octanol–water partition coefficient (Wildman–Crippen LogP) is 3.86. The fourth-order valence-electron chi connectivity index (χ4n) is 1.80. The normalized spacial score (nSPS) is 11.3. The van der Waals surface area contributed by atoms with Crippen LogP contribution < -0.4 is 10.1 Å². The van der Waals surface area contributed by atoms with E-state index in [9.17, 15) is 17.6 Å². The van der Waals surface area contributed by atoms with Gasteiger partial charge in [-0.3, -0.25) is 0 Å². The summed E-state index contributed by atoms with van der Waals surface area (Å²) in [5.41, 5.74) is -0.411. The second-order valence-electron chi connectivity index (χ2n) is 4.16. The highest BCUT2D eigenvalue weighted by molar-refractivity contribution is 5.51. The molecule has 0 unspecified atom stereocenters. The predicted molar refractivity (Wildman–Crippen MR) is 69.5 cm³/mol. The highest BCUT2D eigenvalue weighted by Crippen LogP contribution is 2.35. The molecule has 0 fully saturated rings. The van der Waals surface area contributed by atoms with E-state index in [0.29, 0.717) is 5.69 Å². The first-order valence-corrected chi connectivity index (χ1v) is 6.03. The molecule has 1 N–H and O–H groups in total. The highest BCUT2D eigenvalue weighted by atomic mass is 19.4. The average Bonchev–Trinajstić information content (AvgIpc) is 2.45. The Balaban J connectivity index is 2.26. The van der Waals surface area contributed by atoms with Crippen LogP contribution in [0.4, 0.5) is 23.2 Å². The Hall–Kier alpha value is -2.31.